The average molecular weight is 314 g/mol. The zero-order valence-electron chi connectivity index (χ0n) is 13.4. The van der Waals surface area contributed by atoms with Crippen LogP contribution in [0.2, 0.25) is 0 Å². The molecular weight excluding hydrogens is 292 g/mol. The van der Waals surface area contributed by atoms with Crippen molar-refractivity contribution in [2.24, 2.45) is 0 Å². The van der Waals surface area contributed by atoms with E-state index in [1.165, 1.54) is 18.1 Å². The molecule has 122 valence electrons. The fourth-order valence-corrected chi connectivity index (χ4v) is 2.25. The van der Waals surface area contributed by atoms with Crippen LogP contribution < -0.4 is 10.6 Å². The summed E-state index contributed by atoms with van der Waals surface area (Å²) < 4.78 is 4.85. The number of carbonyl (C=O) groups excluding carboxylic acids is 2. The number of carbonyl (C=O) groups is 2. The largest absolute Gasteiger partial charge is 0.472 e. The van der Waals surface area contributed by atoms with Crippen molar-refractivity contribution in [2.75, 3.05) is 6.54 Å². The van der Waals surface area contributed by atoms with Gasteiger partial charge in [-0.3, -0.25) is 9.59 Å². The normalized spacial score (nSPS) is 13.1. The van der Waals surface area contributed by atoms with Gasteiger partial charge in [0.1, 0.15) is 12.3 Å². The Hall–Kier alpha value is -2.56. The second kappa shape index (κ2) is 8.17. The van der Waals surface area contributed by atoms with Gasteiger partial charge < -0.3 is 15.1 Å². The van der Waals surface area contributed by atoms with Crippen LogP contribution in [0.3, 0.4) is 0 Å². The molecule has 0 spiro atoms. The minimum atomic E-state index is -0.593. The molecule has 2 rings (SSSR count). The van der Waals surface area contributed by atoms with Crippen LogP contribution in [0.4, 0.5) is 0 Å². The van der Waals surface area contributed by atoms with Crippen LogP contribution in [0.5, 0.6) is 0 Å². The number of hydrogen-bond donors (Lipinski definition) is 2. The third-order valence-electron chi connectivity index (χ3n) is 3.77. The number of nitrogens with one attached hydrogen (secondary N) is 2. The lowest BCUT2D eigenvalue weighted by atomic mass is 9.98. The van der Waals surface area contributed by atoms with E-state index in [9.17, 15) is 9.59 Å². The molecule has 23 heavy (non-hydrogen) atoms. The van der Waals surface area contributed by atoms with Gasteiger partial charge >= 0.3 is 0 Å². The van der Waals surface area contributed by atoms with E-state index in [0.717, 1.165) is 6.42 Å². The number of hydrogen-bond acceptors (Lipinski definition) is 3. The Labute approximate surface area is 136 Å². The van der Waals surface area contributed by atoms with Crippen LogP contribution in [0.1, 0.15) is 42.1 Å². The highest BCUT2D eigenvalue weighted by Crippen LogP contribution is 2.17. The summed E-state index contributed by atoms with van der Waals surface area (Å²) in [6, 6.07) is 11.1. The number of furan rings is 1. The van der Waals surface area contributed by atoms with E-state index < -0.39 is 6.04 Å². The predicted octanol–water partition coefficient (Wildman–Crippen LogP) is 2.71. The minimum Gasteiger partial charge on any atom is -0.472 e. The van der Waals surface area contributed by atoms with E-state index in [1.54, 1.807) is 13.0 Å². The minimum absolute atomic E-state index is 0.192. The lowest BCUT2D eigenvalue weighted by molar-refractivity contribution is -0.122. The van der Waals surface area contributed by atoms with Crippen LogP contribution in [-0.4, -0.2) is 24.4 Å². The average Bonchev–Trinajstić information content (AvgIpc) is 3.10. The zero-order chi connectivity index (χ0) is 16.7. The molecule has 2 amide bonds. The molecule has 0 bridgehead atoms. The van der Waals surface area contributed by atoms with Gasteiger partial charge in [-0.2, -0.15) is 0 Å². The van der Waals surface area contributed by atoms with Crippen LogP contribution in [0.25, 0.3) is 0 Å². The van der Waals surface area contributed by atoms with Gasteiger partial charge in [0.15, 0.2) is 0 Å². The van der Waals surface area contributed by atoms with E-state index >= 15 is 0 Å². The first-order chi connectivity index (χ1) is 11.1. The molecule has 2 aromatic rings. The van der Waals surface area contributed by atoms with Crippen LogP contribution >= 0.6 is 0 Å². The number of rotatable bonds is 7. The molecule has 0 aliphatic heterocycles. The van der Waals surface area contributed by atoms with Crippen LogP contribution in [0, 0.1) is 0 Å². The summed E-state index contributed by atoms with van der Waals surface area (Å²) in [4.78, 5) is 23.9. The highest BCUT2D eigenvalue weighted by molar-refractivity contribution is 5.97. The first-order valence-electron chi connectivity index (χ1n) is 7.73. The zero-order valence-corrected chi connectivity index (χ0v) is 13.4. The quantitative estimate of drug-likeness (QED) is 0.825. The maximum absolute atomic E-state index is 12.0. The summed E-state index contributed by atoms with van der Waals surface area (Å²) in [5.41, 5.74) is 1.66. The molecule has 0 saturated carbocycles. The first kappa shape index (κ1) is 16.8. The van der Waals surface area contributed by atoms with E-state index in [4.69, 9.17) is 4.42 Å². The molecule has 0 fully saturated rings. The van der Waals surface area contributed by atoms with Crippen molar-refractivity contribution in [3.63, 3.8) is 0 Å². The maximum atomic E-state index is 12.0. The molecule has 0 aliphatic rings. The highest BCUT2D eigenvalue weighted by Gasteiger charge is 2.17. The van der Waals surface area contributed by atoms with E-state index in [-0.39, 0.29) is 11.8 Å². The molecule has 2 atom stereocenters. The van der Waals surface area contributed by atoms with Crippen molar-refractivity contribution in [3.05, 3.63) is 60.1 Å². The summed E-state index contributed by atoms with van der Waals surface area (Å²) in [7, 11) is 0. The van der Waals surface area contributed by atoms with E-state index in [1.807, 2.05) is 18.2 Å². The van der Waals surface area contributed by atoms with Gasteiger partial charge in [-0.15, -0.1) is 0 Å². The van der Waals surface area contributed by atoms with E-state index in [2.05, 4.69) is 29.7 Å². The van der Waals surface area contributed by atoms with Gasteiger partial charge in [-0.25, -0.2) is 0 Å². The molecule has 1 aromatic heterocycles. The van der Waals surface area contributed by atoms with Gasteiger partial charge in [-0.1, -0.05) is 37.3 Å². The Morgan fingerprint density at radius 3 is 2.52 bits per heavy atom. The fraction of sp³-hybridized carbons (Fsp3) is 0.333. The van der Waals surface area contributed by atoms with Gasteiger partial charge in [0, 0.05) is 6.54 Å². The molecule has 0 radical (unpaired) electrons. The Bertz CT molecular complexity index is 623. The monoisotopic (exact) mass is 314 g/mol. The molecule has 0 aliphatic carbocycles. The van der Waals surface area contributed by atoms with Crippen LogP contribution in [0.15, 0.2) is 53.3 Å². The Balaban J connectivity index is 1.73. The second-order valence-corrected chi connectivity index (χ2v) is 5.60. The van der Waals surface area contributed by atoms with Crippen molar-refractivity contribution >= 4 is 11.8 Å². The summed E-state index contributed by atoms with van der Waals surface area (Å²) in [5.74, 6) is -0.145. The molecule has 2 unspecified atom stereocenters. The standard InChI is InChI=1S/C18H22N2O3/c1-13(15-6-4-3-5-7-15)8-10-19-17(21)14(2)20-18(22)16-9-11-23-12-16/h3-7,9,11-14H,8,10H2,1-2H3,(H,19,21)(H,20,22). The molecule has 5 heteroatoms. The first-order valence-corrected chi connectivity index (χ1v) is 7.73. The van der Waals surface area contributed by atoms with Crippen molar-refractivity contribution < 1.29 is 14.0 Å². The summed E-state index contributed by atoms with van der Waals surface area (Å²) in [6.07, 6.45) is 3.62. The lowest BCUT2D eigenvalue weighted by Gasteiger charge is -2.16. The van der Waals surface area contributed by atoms with Gasteiger partial charge in [0.25, 0.3) is 5.91 Å². The highest BCUT2D eigenvalue weighted by atomic mass is 16.3. The third kappa shape index (κ3) is 4.98. The van der Waals surface area contributed by atoms with Gasteiger partial charge in [-0.05, 0) is 30.9 Å². The SMILES string of the molecule is CC(NC(=O)c1ccoc1)C(=O)NCCC(C)c1ccccc1. The predicted molar refractivity (Wildman–Crippen MR) is 88.1 cm³/mol. The Kier molecular flexibility index (Phi) is 5.97. The molecular formula is C18H22N2O3. The number of benzene rings is 1. The van der Waals surface area contributed by atoms with Crippen molar-refractivity contribution in [3.8, 4) is 0 Å². The fourth-order valence-electron chi connectivity index (χ4n) is 2.25. The van der Waals surface area contributed by atoms with Gasteiger partial charge in [0.05, 0.1) is 11.8 Å². The summed E-state index contributed by atoms with van der Waals surface area (Å²) >= 11 is 0. The molecule has 5 nitrogen and oxygen atoms in total. The topological polar surface area (TPSA) is 71.3 Å². The smallest absolute Gasteiger partial charge is 0.255 e. The Morgan fingerprint density at radius 2 is 1.87 bits per heavy atom. The molecule has 2 N–H and O–H groups in total. The molecule has 1 heterocycles. The maximum Gasteiger partial charge on any atom is 0.255 e. The van der Waals surface area contributed by atoms with E-state index in [0.29, 0.717) is 18.0 Å². The number of amides is 2. The Morgan fingerprint density at radius 1 is 1.13 bits per heavy atom. The van der Waals surface area contributed by atoms with Crippen molar-refractivity contribution in [1.82, 2.24) is 10.6 Å². The van der Waals surface area contributed by atoms with Crippen molar-refractivity contribution in [1.29, 1.82) is 0 Å². The van der Waals surface area contributed by atoms with Crippen molar-refractivity contribution in [2.45, 2.75) is 32.2 Å². The van der Waals surface area contributed by atoms with Crippen LogP contribution in [-0.2, 0) is 4.79 Å². The molecule has 0 saturated heterocycles. The molecule has 1 aromatic carbocycles. The lowest BCUT2D eigenvalue weighted by Crippen LogP contribution is -2.45. The summed E-state index contributed by atoms with van der Waals surface area (Å²) in [5, 5.41) is 5.50. The third-order valence-corrected chi connectivity index (χ3v) is 3.77. The second-order valence-electron chi connectivity index (χ2n) is 5.60. The van der Waals surface area contributed by atoms with Gasteiger partial charge in [0.2, 0.25) is 5.91 Å². The summed E-state index contributed by atoms with van der Waals surface area (Å²) in [6.45, 7) is 4.36.